The summed E-state index contributed by atoms with van der Waals surface area (Å²) < 4.78 is 5.99. The van der Waals surface area contributed by atoms with Crippen LogP contribution < -0.4 is 5.32 Å². The second-order valence-electron chi connectivity index (χ2n) is 5.77. The molecule has 0 aromatic heterocycles. The van der Waals surface area contributed by atoms with Gasteiger partial charge in [-0.3, -0.25) is 0 Å². The summed E-state index contributed by atoms with van der Waals surface area (Å²) in [6.45, 7) is 14.7. The molecule has 0 aliphatic rings. The summed E-state index contributed by atoms with van der Waals surface area (Å²) in [6, 6.07) is 0.394. The first-order valence-electron chi connectivity index (χ1n) is 7.21. The Morgan fingerprint density at radius 1 is 1.22 bits per heavy atom. The van der Waals surface area contributed by atoms with Crippen molar-refractivity contribution in [3.05, 3.63) is 0 Å². The number of hydrogen-bond acceptors (Lipinski definition) is 2. The van der Waals surface area contributed by atoms with E-state index in [-0.39, 0.29) is 11.5 Å². The van der Waals surface area contributed by atoms with E-state index in [9.17, 15) is 0 Å². The molecule has 0 heterocycles. The topological polar surface area (TPSA) is 21.3 Å². The molecule has 1 N–H and O–H groups in total. The molecule has 0 fully saturated rings. The third-order valence-electron chi connectivity index (χ3n) is 2.98. The summed E-state index contributed by atoms with van der Waals surface area (Å²) in [5, 5.41) is 3.63. The molecule has 0 spiro atoms. The van der Waals surface area contributed by atoms with Crippen LogP contribution in [0.15, 0.2) is 0 Å². The zero-order valence-corrected chi connectivity index (χ0v) is 13.1. The van der Waals surface area contributed by atoms with E-state index in [0.29, 0.717) is 6.04 Å². The molecule has 2 nitrogen and oxygen atoms in total. The van der Waals surface area contributed by atoms with Crippen LogP contribution >= 0.6 is 0 Å². The SMILES string of the molecule is CC#CCCC(NCCC)C(OCC)C(C)(C)C. The van der Waals surface area contributed by atoms with Crippen molar-refractivity contribution in [2.45, 2.75) is 73.0 Å². The molecule has 0 aliphatic carbocycles. The van der Waals surface area contributed by atoms with Crippen LogP contribution in [0.2, 0.25) is 0 Å². The van der Waals surface area contributed by atoms with Crippen molar-refractivity contribution >= 4 is 0 Å². The lowest BCUT2D eigenvalue weighted by Gasteiger charge is -2.37. The molecule has 0 bridgehead atoms. The van der Waals surface area contributed by atoms with Crippen LogP contribution in [0.3, 0.4) is 0 Å². The van der Waals surface area contributed by atoms with Crippen LogP contribution in [0.5, 0.6) is 0 Å². The fraction of sp³-hybridized carbons (Fsp3) is 0.875. The maximum absolute atomic E-state index is 5.99. The molecule has 0 aromatic rings. The Labute approximate surface area is 114 Å². The largest absolute Gasteiger partial charge is 0.376 e. The Kier molecular flexibility index (Phi) is 9.14. The van der Waals surface area contributed by atoms with Crippen molar-refractivity contribution in [3.63, 3.8) is 0 Å². The minimum absolute atomic E-state index is 0.154. The Balaban J connectivity index is 4.66. The highest BCUT2D eigenvalue weighted by Gasteiger charge is 2.32. The van der Waals surface area contributed by atoms with Crippen LogP contribution in [0.4, 0.5) is 0 Å². The summed E-state index contributed by atoms with van der Waals surface area (Å²) in [4.78, 5) is 0. The van der Waals surface area contributed by atoms with Gasteiger partial charge in [0.05, 0.1) is 6.10 Å². The molecule has 0 aromatic carbocycles. The Hall–Kier alpha value is -0.520. The van der Waals surface area contributed by atoms with E-state index < -0.39 is 0 Å². The summed E-state index contributed by atoms with van der Waals surface area (Å²) in [5.41, 5.74) is 0.154. The van der Waals surface area contributed by atoms with E-state index in [1.165, 1.54) is 0 Å². The van der Waals surface area contributed by atoms with Gasteiger partial charge in [-0.2, -0.15) is 0 Å². The molecule has 0 amide bonds. The zero-order chi connectivity index (χ0) is 14.0. The molecule has 106 valence electrons. The highest BCUT2D eigenvalue weighted by Crippen LogP contribution is 2.27. The summed E-state index contributed by atoms with van der Waals surface area (Å²) in [6.07, 6.45) is 3.40. The van der Waals surface area contributed by atoms with Gasteiger partial charge >= 0.3 is 0 Å². The van der Waals surface area contributed by atoms with Gasteiger partial charge in [0, 0.05) is 19.1 Å². The van der Waals surface area contributed by atoms with Gasteiger partial charge < -0.3 is 10.1 Å². The van der Waals surface area contributed by atoms with Crippen LogP contribution in [0, 0.1) is 17.3 Å². The van der Waals surface area contributed by atoms with E-state index in [0.717, 1.165) is 32.4 Å². The van der Waals surface area contributed by atoms with Crippen molar-refractivity contribution in [1.82, 2.24) is 5.32 Å². The molecule has 0 aliphatic heterocycles. The standard InChI is InChI=1S/C16H31NO/c1-7-10-11-12-14(17-13-8-2)15(18-9-3)16(4,5)6/h14-15,17H,8-9,11-13H2,1-6H3. The van der Waals surface area contributed by atoms with Crippen molar-refractivity contribution in [1.29, 1.82) is 0 Å². The second-order valence-corrected chi connectivity index (χ2v) is 5.77. The lowest BCUT2D eigenvalue weighted by atomic mass is 9.83. The second kappa shape index (κ2) is 9.42. The molecule has 0 rings (SSSR count). The van der Waals surface area contributed by atoms with Gasteiger partial charge in [-0.15, -0.1) is 11.8 Å². The van der Waals surface area contributed by atoms with Crippen molar-refractivity contribution in [2.24, 2.45) is 5.41 Å². The van der Waals surface area contributed by atoms with Crippen LogP contribution in [-0.4, -0.2) is 25.3 Å². The van der Waals surface area contributed by atoms with Crippen LogP contribution in [0.25, 0.3) is 0 Å². The highest BCUT2D eigenvalue weighted by molar-refractivity contribution is 4.97. The number of rotatable bonds is 8. The predicted octanol–water partition coefficient (Wildman–Crippen LogP) is 3.61. The molecule has 18 heavy (non-hydrogen) atoms. The van der Waals surface area contributed by atoms with Gasteiger partial charge in [0.1, 0.15) is 0 Å². The lowest BCUT2D eigenvalue weighted by Crippen LogP contribution is -2.48. The predicted molar refractivity (Wildman–Crippen MR) is 79.6 cm³/mol. The maximum atomic E-state index is 5.99. The summed E-state index contributed by atoms with van der Waals surface area (Å²) >= 11 is 0. The molecule has 2 heteroatoms. The minimum atomic E-state index is 0.154. The van der Waals surface area contributed by atoms with E-state index >= 15 is 0 Å². The molecular weight excluding hydrogens is 222 g/mol. The molecule has 2 atom stereocenters. The van der Waals surface area contributed by atoms with Crippen molar-refractivity contribution in [2.75, 3.05) is 13.2 Å². The third kappa shape index (κ3) is 7.03. The van der Waals surface area contributed by atoms with E-state index in [2.05, 4.69) is 51.8 Å². The Morgan fingerprint density at radius 2 is 1.89 bits per heavy atom. The van der Waals surface area contributed by atoms with Crippen molar-refractivity contribution in [3.8, 4) is 11.8 Å². The fourth-order valence-corrected chi connectivity index (χ4v) is 2.19. The molecule has 0 radical (unpaired) electrons. The van der Waals surface area contributed by atoms with E-state index in [4.69, 9.17) is 4.74 Å². The minimum Gasteiger partial charge on any atom is -0.376 e. The zero-order valence-electron chi connectivity index (χ0n) is 13.1. The number of ether oxygens (including phenoxy) is 1. The van der Waals surface area contributed by atoms with E-state index in [1.54, 1.807) is 0 Å². The van der Waals surface area contributed by atoms with Crippen molar-refractivity contribution < 1.29 is 4.74 Å². The van der Waals surface area contributed by atoms with Gasteiger partial charge in [-0.05, 0) is 38.6 Å². The Bertz CT molecular complexity index is 256. The number of hydrogen-bond donors (Lipinski definition) is 1. The van der Waals surface area contributed by atoms with Gasteiger partial charge in [0.15, 0.2) is 0 Å². The van der Waals surface area contributed by atoms with Gasteiger partial charge in [0.25, 0.3) is 0 Å². The molecule has 0 saturated carbocycles. The quantitative estimate of drug-likeness (QED) is 0.667. The summed E-state index contributed by atoms with van der Waals surface area (Å²) in [7, 11) is 0. The summed E-state index contributed by atoms with van der Waals surface area (Å²) in [5.74, 6) is 6.13. The first-order chi connectivity index (χ1) is 8.47. The maximum Gasteiger partial charge on any atom is 0.0776 e. The van der Waals surface area contributed by atoms with Gasteiger partial charge in [-0.25, -0.2) is 0 Å². The number of nitrogens with one attached hydrogen (secondary N) is 1. The van der Waals surface area contributed by atoms with Gasteiger partial charge in [0.2, 0.25) is 0 Å². The fourth-order valence-electron chi connectivity index (χ4n) is 2.19. The monoisotopic (exact) mass is 253 g/mol. The van der Waals surface area contributed by atoms with Gasteiger partial charge in [-0.1, -0.05) is 27.7 Å². The molecule has 0 saturated heterocycles. The molecule has 2 unspecified atom stereocenters. The Morgan fingerprint density at radius 3 is 2.33 bits per heavy atom. The molecular formula is C16H31NO. The average molecular weight is 253 g/mol. The van der Waals surface area contributed by atoms with Crippen LogP contribution in [-0.2, 0) is 4.74 Å². The van der Waals surface area contributed by atoms with E-state index in [1.807, 2.05) is 6.92 Å². The normalized spacial score (nSPS) is 14.8. The van der Waals surface area contributed by atoms with Crippen LogP contribution in [0.1, 0.15) is 60.8 Å². The lowest BCUT2D eigenvalue weighted by molar-refractivity contribution is -0.0370. The average Bonchev–Trinajstić information content (AvgIpc) is 2.30. The third-order valence-corrected chi connectivity index (χ3v) is 2.98. The first kappa shape index (κ1) is 17.5. The smallest absolute Gasteiger partial charge is 0.0776 e. The first-order valence-corrected chi connectivity index (χ1v) is 7.21. The highest BCUT2D eigenvalue weighted by atomic mass is 16.5.